The van der Waals surface area contributed by atoms with Crippen molar-refractivity contribution in [2.75, 3.05) is 13.1 Å². The number of nitrogens with zero attached hydrogens (tertiary/aromatic N) is 3. The third-order valence-corrected chi connectivity index (χ3v) is 6.85. The molecule has 1 saturated heterocycles. The molecule has 2 unspecified atom stereocenters. The molecule has 0 spiro atoms. The van der Waals surface area contributed by atoms with Crippen LogP contribution in [-0.4, -0.2) is 29.2 Å². The number of likely N-dealkylation sites (tertiary alicyclic amines) is 1. The predicted molar refractivity (Wildman–Crippen MR) is 109 cm³/mol. The normalized spacial score (nSPS) is 23.4. The fourth-order valence-corrected chi connectivity index (χ4v) is 5.10. The quantitative estimate of drug-likeness (QED) is 0.770. The molecule has 3 nitrogen and oxygen atoms in total. The van der Waals surface area contributed by atoms with E-state index in [0.717, 1.165) is 72.6 Å². The summed E-state index contributed by atoms with van der Waals surface area (Å²) in [6.07, 6.45) is 3.22. The molecule has 3 heterocycles. The first-order valence-electron chi connectivity index (χ1n) is 8.59. The van der Waals surface area contributed by atoms with Gasteiger partial charge in [0.2, 0.25) is 0 Å². The molecular weight excluding hydrogens is 350 g/mol. The summed E-state index contributed by atoms with van der Waals surface area (Å²) in [7, 11) is 0. The van der Waals surface area contributed by atoms with Crippen LogP contribution in [-0.2, 0) is 0 Å². The van der Waals surface area contributed by atoms with Gasteiger partial charge in [0, 0.05) is 24.7 Å². The minimum atomic E-state index is 0.733. The Kier molecular flexibility index (Phi) is 4.00. The van der Waals surface area contributed by atoms with E-state index < -0.39 is 0 Å². The standard InChI is InChI=1S/C20H22ClN3S/c1-10(2)7-22-19(24-8-14-6-15(14)9-24)18-12(4)16-11(3)17(21)13(5)23-20(16)25-18/h7,14-15H,1,4,6,8-9H2,2-3,5H3/b19-18-,22-7-. The Labute approximate surface area is 157 Å². The van der Waals surface area contributed by atoms with Crippen molar-refractivity contribution in [1.29, 1.82) is 0 Å². The van der Waals surface area contributed by atoms with E-state index in [2.05, 4.69) is 18.1 Å². The molecule has 0 N–H and O–H groups in total. The second-order valence-electron chi connectivity index (χ2n) is 7.32. The molecule has 2 aromatic rings. The highest BCUT2D eigenvalue weighted by Crippen LogP contribution is 2.46. The van der Waals surface area contributed by atoms with Crippen molar-refractivity contribution < 1.29 is 0 Å². The van der Waals surface area contributed by atoms with E-state index >= 15 is 0 Å². The third-order valence-electron chi connectivity index (χ3n) is 5.17. The van der Waals surface area contributed by atoms with E-state index in [4.69, 9.17) is 21.6 Å². The Morgan fingerprint density at radius 3 is 2.68 bits per heavy atom. The van der Waals surface area contributed by atoms with Crippen LogP contribution >= 0.6 is 22.9 Å². The number of piperidine rings is 1. The van der Waals surface area contributed by atoms with Crippen molar-refractivity contribution in [1.82, 2.24) is 9.88 Å². The molecule has 25 heavy (non-hydrogen) atoms. The largest absolute Gasteiger partial charge is 0.355 e. The molecular formula is C20H22ClN3S. The zero-order chi connectivity index (χ0) is 17.9. The van der Waals surface area contributed by atoms with Gasteiger partial charge in [-0.3, -0.25) is 0 Å². The average molecular weight is 372 g/mol. The zero-order valence-electron chi connectivity index (χ0n) is 14.9. The molecule has 130 valence electrons. The molecule has 2 fully saturated rings. The van der Waals surface area contributed by atoms with Crippen LogP contribution in [0.25, 0.3) is 22.6 Å². The Bertz CT molecular complexity index is 1020. The fraction of sp³-hybridized carbons (Fsp3) is 0.400. The number of pyridine rings is 1. The molecule has 0 amide bonds. The summed E-state index contributed by atoms with van der Waals surface area (Å²) in [6, 6.07) is 0. The van der Waals surface area contributed by atoms with Crippen molar-refractivity contribution >= 4 is 51.8 Å². The van der Waals surface area contributed by atoms with Gasteiger partial charge in [0.1, 0.15) is 10.7 Å². The van der Waals surface area contributed by atoms with Crippen molar-refractivity contribution in [2.45, 2.75) is 27.2 Å². The molecule has 2 atom stereocenters. The number of allylic oxidation sites excluding steroid dienone is 1. The molecule has 5 heteroatoms. The highest BCUT2D eigenvalue weighted by molar-refractivity contribution is 7.16. The lowest BCUT2D eigenvalue weighted by Gasteiger charge is -2.19. The van der Waals surface area contributed by atoms with Crippen LogP contribution in [0.1, 0.15) is 24.6 Å². The number of halogens is 1. The SMILES string of the molecule is C=C(C)/C=N\C(=c1\sc2nc(C)c(Cl)c(C)c2c1=C)N1CC2CC2C1. The molecule has 1 aliphatic heterocycles. The summed E-state index contributed by atoms with van der Waals surface area (Å²) in [6.45, 7) is 16.5. The van der Waals surface area contributed by atoms with Gasteiger partial charge in [-0.1, -0.05) is 24.8 Å². The summed E-state index contributed by atoms with van der Waals surface area (Å²) in [5.74, 6) is 2.69. The Morgan fingerprint density at radius 1 is 1.36 bits per heavy atom. The first-order chi connectivity index (χ1) is 11.9. The smallest absolute Gasteiger partial charge is 0.146 e. The second kappa shape index (κ2) is 5.96. The monoisotopic (exact) mass is 371 g/mol. The number of aromatic nitrogens is 1. The lowest BCUT2D eigenvalue weighted by atomic mass is 10.1. The van der Waals surface area contributed by atoms with Gasteiger partial charge in [0.05, 0.1) is 15.2 Å². The lowest BCUT2D eigenvalue weighted by molar-refractivity contribution is 0.430. The zero-order valence-corrected chi connectivity index (χ0v) is 16.5. The summed E-state index contributed by atoms with van der Waals surface area (Å²) >= 11 is 8.10. The molecule has 4 rings (SSSR count). The van der Waals surface area contributed by atoms with Gasteiger partial charge in [-0.05, 0) is 55.4 Å². The van der Waals surface area contributed by atoms with Crippen molar-refractivity contribution in [2.24, 2.45) is 16.8 Å². The summed E-state index contributed by atoms with van der Waals surface area (Å²) in [4.78, 5) is 12.9. The van der Waals surface area contributed by atoms with Crippen LogP contribution < -0.4 is 9.75 Å². The van der Waals surface area contributed by atoms with Crippen LogP contribution in [0.4, 0.5) is 0 Å². The Hall–Kier alpha value is -1.65. The molecule has 2 aliphatic rings. The molecule has 2 aromatic heterocycles. The number of rotatable bonds is 3. The first kappa shape index (κ1) is 16.8. The van der Waals surface area contributed by atoms with E-state index in [1.807, 2.05) is 27.0 Å². The second-order valence-corrected chi connectivity index (χ2v) is 8.69. The van der Waals surface area contributed by atoms with Gasteiger partial charge in [-0.2, -0.15) is 0 Å². The number of fused-ring (bicyclic) bond motifs is 2. The number of aliphatic imine (C=N–C) groups is 1. The number of hydrogen-bond acceptors (Lipinski definition) is 4. The maximum Gasteiger partial charge on any atom is 0.146 e. The predicted octanol–water partition coefficient (Wildman–Crippen LogP) is 3.64. The van der Waals surface area contributed by atoms with Gasteiger partial charge in [0.15, 0.2) is 0 Å². The number of thiophene rings is 1. The third kappa shape index (κ3) is 2.81. The molecule has 1 saturated carbocycles. The van der Waals surface area contributed by atoms with Crippen LogP contribution in [0.3, 0.4) is 0 Å². The van der Waals surface area contributed by atoms with Crippen LogP contribution in [0.15, 0.2) is 17.1 Å². The first-order valence-corrected chi connectivity index (χ1v) is 9.79. The summed E-state index contributed by atoms with van der Waals surface area (Å²) in [5.41, 5.74) is 2.87. The van der Waals surface area contributed by atoms with E-state index in [1.54, 1.807) is 11.3 Å². The van der Waals surface area contributed by atoms with Gasteiger partial charge in [-0.15, -0.1) is 11.3 Å². The van der Waals surface area contributed by atoms with Crippen molar-refractivity contribution in [3.8, 4) is 0 Å². The molecule has 1 aliphatic carbocycles. The Morgan fingerprint density at radius 2 is 2.04 bits per heavy atom. The van der Waals surface area contributed by atoms with Crippen molar-refractivity contribution in [3.05, 3.63) is 38.2 Å². The maximum atomic E-state index is 6.43. The van der Waals surface area contributed by atoms with E-state index in [1.165, 1.54) is 6.42 Å². The van der Waals surface area contributed by atoms with Gasteiger partial charge >= 0.3 is 0 Å². The van der Waals surface area contributed by atoms with E-state index in [-0.39, 0.29) is 0 Å². The minimum Gasteiger partial charge on any atom is -0.355 e. The average Bonchev–Trinajstić information content (AvgIpc) is 3.02. The molecule has 0 bridgehead atoms. The van der Waals surface area contributed by atoms with Crippen LogP contribution in [0, 0.1) is 25.7 Å². The summed E-state index contributed by atoms with van der Waals surface area (Å²) < 4.78 is 1.10. The van der Waals surface area contributed by atoms with E-state index in [0.29, 0.717) is 0 Å². The number of aryl methyl sites for hydroxylation is 2. The van der Waals surface area contributed by atoms with Gasteiger partial charge in [-0.25, -0.2) is 9.98 Å². The fourth-order valence-electron chi connectivity index (χ4n) is 3.71. The highest BCUT2D eigenvalue weighted by atomic mass is 35.5. The van der Waals surface area contributed by atoms with Crippen LogP contribution in [0.2, 0.25) is 5.02 Å². The maximum absolute atomic E-state index is 6.43. The van der Waals surface area contributed by atoms with Crippen LogP contribution in [0.5, 0.6) is 0 Å². The van der Waals surface area contributed by atoms with Gasteiger partial charge in [0.25, 0.3) is 0 Å². The van der Waals surface area contributed by atoms with E-state index in [9.17, 15) is 0 Å². The topological polar surface area (TPSA) is 28.5 Å². The lowest BCUT2D eigenvalue weighted by Crippen LogP contribution is -2.30. The summed E-state index contributed by atoms with van der Waals surface area (Å²) in [5, 5.41) is 2.79. The number of hydrogen-bond donors (Lipinski definition) is 0. The minimum absolute atomic E-state index is 0.733. The highest BCUT2D eigenvalue weighted by Gasteiger charge is 2.45. The molecule has 0 aromatic carbocycles. The molecule has 0 radical (unpaired) electrons. The Balaban J connectivity index is 1.98. The van der Waals surface area contributed by atoms with Gasteiger partial charge < -0.3 is 4.90 Å². The van der Waals surface area contributed by atoms with Crippen molar-refractivity contribution in [3.63, 3.8) is 0 Å².